The first-order chi connectivity index (χ1) is 10.2. The minimum absolute atomic E-state index is 0.393. The van der Waals surface area contributed by atoms with Crippen molar-refractivity contribution in [1.82, 2.24) is 4.90 Å². The van der Waals surface area contributed by atoms with E-state index >= 15 is 0 Å². The molecule has 0 saturated heterocycles. The van der Waals surface area contributed by atoms with Gasteiger partial charge in [0.05, 0.1) is 0 Å². The lowest BCUT2D eigenvalue weighted by molar-refractivity contribution is -0.145. The molecule has 22 heavy (non-hydrogen) atoms. The van der Waals surface area contributed by atoms with E-state index in [1.54, 1.807) is 7.05 Å². The van der Waals surface area contributed by atoms with Gasteiger partial charge in [-0.05, 0) is 32.4 Å². The Hall–Kier alpha value is -1.98. The summed E-state index contributed by atoms with van der Waals surface area (Å²) in [6.45, 7) is 5.40. The molecule has 4 nitrogen and oxygen atoms in total. The predicted octanol–water partition coefficient (Wildman–Crippen LogP) is 3.19. The third-order valence-corrected chi connectivity index (χ3v) is 3.50. The maximum absolute atomic E-state index is 13.6. The molecule has 1 aromatic rings. The van der Waals surface area contributed by atoms with Crippen molar-refractivity contribution in [3.8, 4) is 0 Å². The van der Waals surface area contributed by atoms with Gasteiger partial charge in [-0.15, -0.1) is 0 Å². The Morgan fingerprint density at radius 2 is 1.77 bits per heavy atom. The van der Waals surface area contributed by atoms with Gasteiger partial charge in [0.25, 0.3) is 0 Å². The molecule has 122 valence electrons. The van der Waals surface area contributed by atoms with Gasteiger partial charge in [0.1, 0.15) is 22.7 Å². The summed E-state index contributed by atoms with van der Waals surface area (Å²) in [5, 5.41) is 2.17. The van der Waals surface area contributed by atoms with Gasteiger partial charge in [-0.3, -0.25) is 9.59 Å². The second-order valence-corrected chi connectivity index (χ2v) is 5.76. The molecule has 1 N–H and O–H groups in total. The van der Waals surface area contributed by atoms with Crippen LogP contribution in [0.3, 0.4) is 0 Å². The zero-order chi connectivity index (χ0) is 16.9. The lowest BCUT2D eigenvalue weighted by atomic mass is 9.90. The van der Waals surface area contributed by atoms with Crippen LogP contribution in [0, 0.1) is 17.0 Å². The Balaban J connectivity index is 2.88. The van der Waals surface area contributed by atoms with Gasteiger partial charge in [-0.25, -0.2) is 8.78 Å². The number of para-hydroxylation sites is 1. The Morgan fingerprint density at radius 1 is 1.23 bits per heavy atom. The van der Waals surface area contributed by atoms with Crippen molar-refractivity contribution in [1.29, 1.82) is 0 Å². The molecule has 1 aromatic carbocycles. The van der Waals surface area contributed by atoms with E-state index in [4.69, 9.17) is 0 Å². The summed E-state index contributed by atoms with van der Waals surface area (Å²) in [4.78, 5) is 26.1. The summed E-state index contributed by atoms with van der Waals surface area (Å²) in [5.74, 6) is -2.90. The zero-order valence-electron chi connectivity index (χ0n) is 13.4. The van der Waals surface area contributed by atoms with Crippen molar-refractivity contribution >= 4 is 17.5 Å². The molecule has 0 bridgehead atoms. The summed E-state index contributed by atoms with van der Waals surface area (Å²) in [6.07, 6.45) is 1.74. The average molecular weight is 312 g/mol. The zero-order valence-corrected chi connectivity index (χ0v) is 13.4. The molecule has 0 unspecified atom stereocenters. The van der Waals surface area contributed by atoms with E-state index in [9.17, 15) is 18.4 Å². The quantitative estimate of drug-likeness (QED) is 0.820. The molecule has 1 rings (SSSR count). The van der Waals surface area contributed by atoms with Crippen molar-refractivity contribution in [3.05, 3.63) is 29.8 Å². The first-order valence-electron chi connectivity index (χ1n) is 7.22. The number of hydrogen-bond acceptors (Lipinski definition) is 2. The molecule has 0 atom stereocenters. The van der Waals surface area contributed by atoms with Gasteiger partial charge in [-0.2, -0.15) is 0 Å². The number of hydrogen-bond donors (Lipinski definition) is 1. The first-order valence-corrected chi connectivity index (χ1v) is 7.22. The van der Waals surface area contributed by atoms with Gasteiger partial charge in [0.15, 0.2) is 0 Å². The van der Waals surface area contributed by atoms with Crippen LogP contribution in [-0.2, 0) is 9.59 Å². The van der Waals surface area contributed by atoms with E-state index in [0.717, 1.165) is 25.0 Å². The number of nitrogens with zero attached hydrogens (tertiary/aromatic N) is 1. The highest BCUT2D eigenvalue weighted by Crippen LogP contribution is 2.24. The summed E-state index contributed by atoms with van der Waals surface area (Å²) in [7, 11) is 1.61. The Labute approximate surface area is 129 Å². The van der Waals surface area contributed by atoms with Crippen molar-refractivity contribution in [2.75, 3.05) is 18.9 Å². The first kappa shape index (κ1) is 18.1. The molecule has 0 aliphatic rings. The highest BCUT2D eigenvalue weighted by molar-refractivity contribution is 6.09. The van der Waals surface area contributed by atoms with Crippen molar-refractivity contribution in [2.45, 2.75) is 33.6 Å². The number of benzene rings is 1. The Bertz CT molecular complexity index is 539. The Kier molecular flexibility index (Phi) is 6.02. The van der Waals surface area contributed by atoms with Gasteiger partial charge in [-0.1, -0.05) is 19.4 Å². The molecular formula is C16H22F2N2O2. The van der Waals surface area contributed by atoms with Crippen molar-refractivity contribution in [2.24, 2.45) is 5.41 Å². The van der Waals surface area contributed by atoms with E-state index in [1.165, 1.54) is 24.8 Å². The molecule has 0 aliphatic heterocycles. The minimum Gasteiger partial charge on any atom is -0.345 e. The lowest BCUT2D eigenvalue weighted by Gasteiger charge is -2.28. The van der Waals surface area contributed by atoms with Crippen LogP contribution < -0.4 is 5.32 Å². The number of carbonyl (C=O) groups is 2. The number of anilines is 1. The normalized spacial score (nSPS) is 11.2. The van der Waals surface area contributed by atoms with E-state index in [0.29, 0.717) is 6.54 Å². The smallest absolute Gasteiger partial charge is 0.239 e. The van der Waals surface area contributed by atoms with Crippen LogP contribution in [-0.4, -0.2) is 30.3 Å². The number of halogens is 2. The molecule has 0 aliphatic carbocycles. The molecule has 0 radical (unpaired) electrons. The minimum atomic E-state index is -1.42. The summed E-state index contributed by atoms with van der Waals surface area (Å²) in [6, 6.07) is 3.29. The van der Waals surface area contributed by atoms with Gasteiger partial charge < -0.3 is 10.2 Å². The van der Waals surface area contributed by atoms with Crippen LogP contribution in [0.5, 0.6) is 0 Å². The van der Waals surface area contributed by atoms with Crippen molar-refractivity contribution in [3.63, 3.8) is 0 Å². The number of nitrogens with one attached hydrogen (secondary N) is 1. The molecule has 0 aromatic heterocycles. The molecule has 2 amide bonds. The van der Waals surface area contributed by atoms with Gasteiger partial charge >= 0.3 is 0 Å². The average Bonchev–Trinajstić information content (AvgIpc) is 2.47. The standard InChI is InChI=1S/C16H22F2N2O2/c1-5-6-10-20(4)15(22)16(2,3)14(21)19-13-11(17)8-7-9-12(13)18/h7-9H,5-6,10H2,1-4H3,(H,19,21). The summed E-state index contributed by atoms with van der Waals surface area (Å²) in [5.41, 5.74) is -1.96. The fourth-order valence-corrected chi connectivity index (χ4v) is 1.96. The lowest BCUT2D eigenvalue weighted by Crippen LogP contribution is -2.46. The SMILES string of the molecule is CCCCN(C)C(=O)C(C)(C)C(=O)Nc1c(F)cccc1F. The Morgan fingerprint density at radius 3 is 2.27 bits per heavy atom. The molecule has 6 heteroatoms. The van der Waals surface area contributed by atoms with Crippen LogP contribution in [0.1, 0.15) is 33.6 Å². The number of rotatable bonds is 6. The predicted molar refractivity (Wildman–Crippen MR) is 81.3 cm³/mol. The van der Waals surface area contributed by atoms with Crippen LogP contribution >= 0.6 is 0 Å². The van der Waals surface area contributed by atoms with Crippen molar-refractivity contribution < 1.29 is 18.4 Å². The number of unbranched alkanes of at least 4 members (excludes halogenated alkanes) is 1. The summed E-state index contributed by atoms with van der Waals surface area (Å²) >= 11 is 0. The van der Waals surface area contributed by atoms with Crippen LogP contribution in [0.2, 0.25) is 0 Å². The maximum atomic E-state index is 13.6. The van der Waals surface area contributed by atoms with E-state index in [1.807, 2.05) is 6.92 Å². The van der Waals surface area contributed by atoms with E-state index in [-0.39, 0.29) is 0 Å². The maximum Gasteiger partial charge on any atom is 0.239 e. The fraction of sp³-hybridized carbons (Fsp3) is 0.500. The van der Waals surface area contributed by atoms with Gasteiger partial charge in [0, 0.05) is 13.6 Å². The topological polar surface area (TPSA) is 49.4 Å². The van der Waals surface area contributed by atoms with E-state index in [2.05, 4.69) is 5.32 Å². The summed E-state index contributed by atoms with van der Waals surface area (Å²) < 4.78 is 27.2. The van der Waals surface area contributed by atoms with E-state index < -0.39 is 34.6 Å². The molecular weight excluding hydrogens is 290 g/mol. The van der Waals surface area contributed by atoms with Crippen LogP contribution in [0.15, 0.2) is 18.2 Å². The number of amides is 2. The molecule has 0 saturated carbocycles. The van der Waals surface area contributed by atoms with Crippen LogP contribution in [0.4, 0.5) is 14.5 Å². The molecule has 0 fully saturated rings. The highest BCUT2D eigenvalue weighted by atomic mass is 19.1. The van der Waals surface area contributed by atoms with Crippen LogP contribution in [0.25, 0.3) is 0 Å². The largest absolute Gasteiger partial charge is 0.345 e. The van der Waals surface area contributed by atoms with Gasteiger partial charge in [0.2, 0.25) is 11.8 Å². The molecule has 0 heterocycles. The second kappa shape index (κ2) is 7.33. The highest BCUT2D eigenvalue weighted by Gasteiger charge is 2.38. The second-order valence-electron chi connectivity index (χ2n) is 5.76. The monoisotopic (exact) mass is 312 g/mol. The number of carbonyl (C=O) groups excluding carboxylic acids is 2. The fourth-order valence-electron chi connectivity index (χ4n) is 1.96. The molecule has 0 spiro atoms. The third kappa shape index (κ3) is 4.02. The third-order valence-electron chi connectivity index (χ3n) is 3.50.